The fraction of sp³-hybridized carbons (Fsp3) is 0.211. The summed E-state index contributed by atoms with van der Waals surface area (Å²) in [5.41, 5.74) is -0.175. The van der Waals surface area contributed by atoms with Gasteiger partial charge in [-0.1, -0.05) is 22.0 Å². The van der Waals surface area contributed by atoms with Crippen LogP contribution in [0.15, 0.2) is 40.9 Å². The number of amides is 4. The SMILES string of the molecule is Cc1cc(Br)ccc1NC(=O)CN1C(=O)NC(C)(c2ccc(F)c(F)c2)C1=O. The van der Waals surface area contributed by atoms with E-state index in [1.54, 1.807) is 19.1 Å². The molecule has 1 saturated heterocycles. The number of urea groups is 1. The largest absolute Gasteiger partial charge is 0.325 e. The van der Waals surface area contributed by atoms with E-state index >= 15 is 0 Å². The van der Waals surface area contributed by atoms with E-state index in [-0.39, 0.29) is 5.56 Å². The topological polar surface area (TPSA) is 78.5 Å². The summed E-state index contributed by atoms with van der Waals surface area (Å²) < 4.78 is 27.6. The number of carbonyl (C=O) groups excluding carboxylic acids is 3. The van der Waals surface area contributed by atoms with E-state index in [9.17, 15) is 23.2 Å². The molecule has 28 heavy (non-hydrogen) atoms. The number of nitrogens with zero attached hydrogens (tertiary/aromatic N) is 1. The van der Waals surface area contributed by atoms with Gasteiger partial charge in [-0.3, -0.25) is 14.5 Å². The van der Waals surface area contributed by atoms with E-state index in [0.29, 0.717) is 5.69 Å². The Bertz CT molecular complexity index is 998. The average molecular weight is 452 g/mol. The third-order valence-electron chi connectivity index (χ3n) is 4.54. The molecule has 2 aromatic carbocycles. The summed E-state index contributed by atoms with van der Waals surface area (Å²) in [6, 6.07) is 7.39. The van der Waals surface area contributed by atoms with Gasteiger partial charge in [0.05, 0.1) is 0 Å². The van der Waals surface area contributed by atoms with E-state index in [2.05, 4.69) is 26.6 Å². The molecule has 0 bridgehead atoms. The number of hydrogen-bond acceptors (Lipinski definition) is 3. The second-order valence-corrected chi connectivity index (χ2v) is 7.50. The zero-order chi connectivity index (χ0) is 20.6. The third-order valence-corrected chi connectivity index (χ3v) is 5.03. The van der Waals surface area contributed by atoms with Crippen molar-refractivity contribution in [1.29, 1.82) is 0 Å². The van der Waals surface area contributed by atoms with Gasteiger partial charge in [-0.2, -0.15) is 0 Å². The number of benzene rings is 2. The van der Waals surface area contributed by atoms with Gasteiger partial charge in [-0.15, -0.1) is 0 Å². The lowest BCUT2D eigenvalue weighted by Crippen LogP contribution is -2.42. The number of anilines is 1. The maximum absolute atomic E-state index is 13.6. The van der Waals surface area contributed by atoms with Crippen molar-refractivity contribution in [2.75, 3.05) is 11.9 Å². The van der Waals surface area contributed by atoms with Crippen molar-refractivity contribution in [2.24, 2.45) is 0 Å². The summed E-state index contributed by atoms with van der Waals surface area (Å²) >= 11 is 3.32. The summed E-state index contributed by atoms with van der Waals surface area (Å²) in [7, 11) is 0. The Balaban J connectivity index is 1.77. The van der Waals surface area contributed by atoms with E-state index in [4.69, 9.17) is 0 Å². The van der Waals surface area contributed by atoms with Gasteiger partial charge < -0.3 is 10.6 Å². The Labute approximate surface area is 168 Å². The monoisotopic (exact) mass is 451 g/mol. The van der Waals surface area contributed by atoms with Crippen molar-refractivity contribution in [2.45, 2.75) is 19.4 Å². The lowest BCUT2D eigenvalue weighted by atomic mass is 9.92. The van der Waals surface area contributed by atoms with Crippen LogP contribution in [0.2, 0.25) is 0 Å². The van der Waals surface area contributed by atoms with Crippen LogP contribution in [0.25, 0.3) is 0 Å². The molecule has 9 heteroatoms. The molecule has 1 heterocycles. The van der Waals surface area contributed by atoms with Crippen LogP contribution in [0.4, 0.5) is 19.3 Å². The van der Waals surface area contributed by atoms with Crippen LogP contribution in [0.3, 0.4) is 0 Å². The number of carbonyl (C=O) groups is 3. The summed E-state index contributed by atoms with van der Waals surface area (Å²) in [4.78, 5) is 38.1. The molecular weight excluding hydrogens is 436 g/mol. The molecule has 0 aromatic heterocycles. The molecule has 0 saturated carbocycles. The van der Waals surface area contributed by atoms with Crippen LogP contribution in [-0.2, 0) is 15.1 Å². The third kappa shape index (κ3) is 3.62. The van der Waals surface area contributed by atoms with E-state index in [1.165, 1.54) is 13.0 Å². The first-order chi connectivity index (χ1) is 13.1. The first-order valence-electron chi connectivity index (χ1n) is 8.27. The fourth-order valence-electron chi connectivity index (χ4n) is 2.94. The molecule has 4 amide bonds. The second-order valence-electron chi connectivity index (χ2n) is 6.58. The predicted molar refractivity (Wildman–Crippen MR) is 101 cm³/mol. The molecule has 2 aromatic rings. The number of halogens is 3. The quantitative estimate of drug-likeness (QED) is 0.698. The number of hydrogen-bond donors (Lipinski definition) is 2. The van der Waals surface area contributed by atoms with Crippen LogP contribution < -0.4 is 10.6 Å². The van der Waals surface area contributed by atoms with E-state index in [0.717, 1.165) is 27.1 Å². The highest BCUT2D eigenvalue weighted by atomic mass is 79.9. The Morgan fingerprint density at radius 2 is 1.89 bits per heavy atom. The molecule has 6 nitrogen and oxygen atoms in total. The molecule has 1 aliphatic rings. The van der Waals surface area contributed by atoms with Crippen molar-refractivity contribution in [3.63, 3.8) is 0 Å². The molecule has 0 spiro atoms. The summed E-state index contributed by atoms with van der Waals surface area (Å²) in [6.45, 7) is 2.66. The van der Waals surface area contributed by atoms with Crippen molar-refractivity contribution < 1.29 is 23.2 Å². The Hall–Kier alpha value is -2.81. The molecular formula is C19H16BrF2N3O3. The molecule has 1 aliphatic heterocycles. The molecule has 0 aliphatic carbocycles. The number of imide groups is 1. The van der Waals surface area contributed by atoms with Crippen LogP contribution in [-0.4, -0.2) is 29.3 Å². The Morgan fingerprint density at radius 1 is 1.18 bits per heavy atom. The molecule has 3 rings (SSSR count). The Kier molecular flexibility index (Phi) is 5.20. The minimum atomic E-state index is -1.60. The molecule has 1 unspecified atom stereocenters. The van der Waals surface area contributed by atoms with E-state index in [1.807, 2.05) is 6.07 Å². The summed E-state index contributed by atoms with van der Waals surface area (Å²) in [6.07, 6.45) is 0. The van der Waals surface area contributed by atoms with Crippen LogP contribution in [0.5, 0.6) is 0 Å². The zero-order valence-corrected chi connectivity index (χ0v) is 16.6. The molecule has 0 radical (unpaired) electrons. The van der Waals surface area contributed by atoms with Crippen molar-refractivity contribution in [3.05, 3.63) is 63.6 Å². The maximum Gasteiger partial charge on any atom is 0.325 e. The second kappa shape index (κ2) is 7.31. The molecule has 1 fully saturated rings. The van der Waals surface area contributed by atoms with Gasteiger partial charge in [-0.25, -0.2) is 13.6 Å². The average Bonchev–Trinajstić information content (AvgIpc) is 2.84. The van der Waals surface area contributed by atoms with Gasteiger partial charge in [0, 0.05) is 10.2 Å². The maximum atomic E-state index is 13.6. The number of aryl methyl sites for hydroxylation is 1. The van der Waals surface area contributed by atoms with Gasteiger partial charge in [0.25, 0.3) is 5.91 Å². The number of rotatable bonds is 4. The lowest BCUT2D eigenvalue weighted by molar-refractivity contribution is -0.133. The normalized spacial score (nSPS) is 19.0. The smallest absolute Gasteiger partial charge is 0.324 e. The van der Waals surface area contributed by atoms with Crippen LogP contribution in [0.1, 0.15) is 18.1 Å². The van der Waals surface area contributed by atoms with Gasteiger partial charge in [0.2, 0.25) is 5.91 Å². The van der Waals surface area contributed by atoms with Crippen LogP contribution >= 0.6 is 15.9 Å². The molecule has 2 N–H and O–H groups in total. The first kappa shape index (κ1) is 19.9. The van der Waals surface area contributed by atoms with Crippen molar-refractivity contribution in [1.82, 2.24) is 10.2 Å². The van der Waals surface area contributed by atoms with Gasteiger partial charge in [0.1, 0.15) is 12.1 Å². The van der Waals surface area contributed by atoms with Gasteiger partial charge in [0.15, 0.2) is 11.6 Å². The molecule has 146 valence electrons. The lowest BCUT2D eigenvalue weighted by Gasteiger charge is -2.22. The number of nitrogens with one attached hydrogen (secondary N) is 2. The fourth-order valence-corrected chi connectivity index (χ4v) is 3.42. The first-order valence-corrected chi connectivity index (χ1v) is 9.07. The minimum Gasteiger partial charge on any atom is -0.324 e. The summed E-state index contributed by atoms with van der Waals surface area (Å²) in [5.74, 6) is -3.50. The highest BCUT2D eigenvalue weighted by molar-refractivity contribution is 9.10. The standard InChI is InChI=1S/C19H16BrF2N3O3/c1-10-7-12(20)4-6-15(10)23-16(26)9-25-17(27)19(2,24-18(25)28)11-3-5-13(21)14(22)8-11/h3-8H,9H2,1-2H3,(H,23,26)(H,24,28). The van der Waals surface area contributed by atoms with Crippen molar-refractivity contribution >= 4 is 39.5 Å². The van der Waals surface area contributed by atoms with Crippen LogP contribution in [0, 0.1) is 18.6 Å². The summed E-state index contributed by atoms with van der Waals surface area (Å²) in [5, 5.41) is 5.09. The van der Waals surface area contributed by atoms with Crippen molar-refractivity contribution in [3.8, 4) is 0 Å². The van der Waals surface area contributed by atoms with E-state index < -0.39 is 41.6 Å². The van der Waals surface area contributed by atoms with Gasteiger partial charge in [-0.05, 0) is 55.3 Å². The highest BCUT2D eigenvalue weighted by Crippen LogP contribution is 2.30. The highest BCUT2D eigenvalue weighted by Gasteiger charge is 2.49. The minimum absolute atomic E-state index is 0.0800. The Morgan fingerprint density at radius 3 is 2.54 bits per heavy atom. The zero-order valence-electron chi connectivity index (χ0n) is 15.0. The molecule has 1 atom stereocenters. The van der Waals surface area contributed by atoms with Gasteiger partial charge >= 0.3 is 6.03 Å². The predicted octanol–water partition coefficient (Wildman–Crippen LogP) is 3.44.